The highest BCUT2D eigenvalue weighted by Crippen LogP contribution is 2.36. The summed E-state index contributed by atoms with van der Waals surface area (Å²) in [7, 11) is 0. The minimum absolute atomic E-state index is 0.138. The number of aromatic nitrogens is 1. The monoisotopic (exact) mass is 447 g/mol. The average Bonchev–Trinajstić information content (AvgIpc) is 3.40. The van der Waals surface area contributed by atoms with Gasteiger partial charge in [-0.25, -0.2) is 0 Å². The van der Waals surface area contributed by atoms with Gasteiger partial charge < -0.3 is 24.3 Å². The molecule has 2 aromatic carbocycles. The lowest BCUT2D eigenvalue weighted by molar-refractivity contribution is -0.133. The summed E-state index contributed by atoms with van der Waals surface area (Å²) < 4.78 is 12.9. The maximum atomic E-state index is 13.8. The van der Waals surface area contributed by atoms with Gasteiger partial charge in [0, 0.05) is 24.0 Å². The van der Waals surface area contributed by atoms with E-state index in [2.05, 4.69) is 19.2 Å². The van der Waals surface area contributed by atoms with E-state index in [-0.39, 0.29) is 18.6 Å². The molecule has 33 heavy (non-hydrogen) atoms. The van der Waals surface area contributed by atoms with Crippen molar-refractivity contribution >= 4 is 22.7 Å². The lowest BCUT2D eigenvalue weighted by Gasteiger charge is -2.44. The van der Waals surface area contributed by atoms with Crippen molar-refractivity contribution in [1.82, 2.24) is 14.8 Å². The maximum absolute atomic E-state index is 13.8. The maximum Gasteiger partial charge on any atom is 0.271 e. The van der Waals surface area contributed by atoms with Crippen molar-refractivity contribution in [3.8, 4) is 11.5 Å². The molecule has 1 aromatic heterocycles. The second-order valence-corrected chi connectivity index (χ2v) is 9.47. The molecule has 3 aromatic rings. The molecule has 0 bridgehead atoms. The van der Waals surface area contributed by atoms with Crippen LogP contribution < -0.4 is 14.8 Å². The zero-order valence-electron chi connectivity index (χ0n) is 19.3. The van der Waals surface area contributed by atoms with Gasteiger partial charge in [-0.2, -0.15) is 0 Å². The summed E-state index contributed by atoms with van der Waals surface area (Å²) in [6, 6.07) is 15.5. The number of carbonyl (C=O) groups excluding carboxylic acids is 2. The van der Waals surface area contributed by atoms with Crippen molar-refractivity contribution in [2.24, 2.45) is 5.92 Å². The van der Waals surface area contributed by atoms with Gasteiger partial charge in [0.25, 0.3) is 5.91 Å². The van der Waals surface area contributed by atoms with Gasteiger partial charge in [-0.15, -0.1) is 0 Å². The van der Waals surface area contributed by atoms with Crippen molar-refractivity contribution < 1.29 is 19.1 Å². The molecule has 2 aliphatic heterocycles. The van der Waals surface area contributed by atoms with Crippen LogP contribution in [0, 0.1) is 5.92 Å². The van der Waals surface area contributed by atoms with Crippen LogP contribution in [0.4, 0.5) is 0 Å². The topological polar surface area (TPSA) is 72.8 Å². The molecule has 0 unspecified atom stereocenters. The molecule has 2 amide bonds. The standard InChI is InChI=1S/C26H29N3O4/c1-17(2)10-11-27-25(31)26(3)15-28-20-7-5-4-6-19(20)13-21(28)24(30)29(26)14-18-8-9-22-23(12-18)33-16-32-22/h4-9,12-13,17H,10-11,14-16H2,1-3H3,(H,27,31)/t26-/m1/s1. The Labute approximate surface area is 193 Å². The molecule has 1 N–H and O–H groups in total. The molecule has 2 aliphatic rings. The fourth-order valence-electron chi connectivity index (χ4n) is 4.64. The van der Waals surface area contributed by atoms with E-state index in [1.807, 2.05) is 60.0 Å². The van der Waals surface area contributed by atoms with Crippen LogP contribution in [-0.2, 0) is 17.9 Å². The Hall–Kier alpha value is -3.48. The molecular formula is C26H29N3O4. The van der Waals surface area contributed by atoms with E-state index in [4.69, 9.17) is 9.47 Å². The van der Waals surface area contributed by atoms with Crippen LogP contribution in [0.1, 0.15) is 43.2 Å². The van der Waals surface area contributed by atoms with Gasteiger partial charge in [-0.05, 0) is 49.1 Å². The third kappa shape index (κ3) is 3.71. The van der Waals surface area contributed by atoms with Gasteiger partial charge in [0.05, 0.1) is 6.54 Å². The molecule has 172 valence electrons. The summed E-state index contributed by atoms with van der Waals surface area (Å²) in [5, 5.41) is 4.08. The molecule has 0 radical (unpaired) electrons. The largest absolute Gasteiger partial charge is 0.454 e. The number of rotatable bonds is 6. The van der Waals surface area contributed by atoms with E-state index >= 15 is 0 Å². The minimum Gasteiger partial charge on any atom is -0.454 e. The zero-order chi connectivity index (χ0) is 23.2. The fourth-order valence-corrected chi connectivity index (χ4v) is 4.64. The molecular weight excluding hydrogens is 418 g/mol. The molecule has 7 heteroatoms. The van der Waals surface area contributed by atoms with Gasteiger partial charge in [0.2, 0.25) is 12.7 Å². The van der Waals surface area contributed by atoms with Crippen molar-refractivity contribution in [3.63, 3.8) is 0 Å². The quantitative estimate of drug-likeness (QED) is 0.621. The number of ether oxygens (including phenoxy) is 2. The van der Waals surface area contributed by atoms with Gasteiger partial charge in [0.15, 0.2) is 11.5 Å². The first-order valence-corrected chi connectivity index (χ1v) is 11.4. The summed E-state index contributed by atoms with van der Waals surface area (Å²) in [6.45, 7) is 7.57. The number of nitrogens with zero attached hydrogens (tertiary/aromatic N) is 2. The summed E-state index contributed by atoms with van der Waals surface area (Å²) in [5.41, 5.74) is 1.41. The molecule has 5 rings (SSSR count). The predicted octanol–water partition coefficient (Wildman–Crippen LogP) is 3.95. The summed E-state index contributed by atoms with van der Waals surface area (Å²) in [5.74, 6) is 1.54. The zero-order valence-corrected chi connectivity index (χ0v) is 19.3. The summed E-state index contributed by atoms with van der Waals surface area (Å²) in [6.07, 6.45) is 0.885. The third-order valence-corrected chi connectivity index (χ3v) is 6.61. The Balaban J connectivity index is 1.53. The molecule has 1 atom stereocenters. The van der Waals surface area contributed by atoms with E-state index in [0.29, 0.717) is 42.7 Å². The molecule has 0 fully saturated rings. The lowest BCUT2D eigenvalue weighted by atomic mass is 9.93. The number of para-hydroxylation sites is 1. The van der Waals surface area contributed by atoms with Crippen LogP contribution in [0.5, 0.6) is 11.5 Å². The van der Waals surface area contributed by atoms with Crippen LogP contribution >= 0.6 is 0 Å². The van der Waals surface area contributed by atoms with Crippen LogP contribution in [0.25, 0.3) is 10.9 Å². The smallest absolute Gasteiger partial charge is 0.271 e. The highest BCUT2D eigenvalue weighted by Gasteiger charge is 2.47. The average molecular weight is 448 g/mol. The van der Waals surface area contributed by atoms with Gasteiger partial charge in [-0.1, -0.05) is 38.1 Å². The van der Waals surface area contributed by atoms with Crippen molar-refractivity contribution in [1.29, 1.82) is 0 Å². The summed E-state index contributed by atoms with van der Waals surface area (Å²) in [4.78, 5) is 29.0. The van der Waals surface area contributed by atoms with E-state index < -0.39 is 5.54 Å². The van der Waals surface area contributed by atoms with Crippen LogP contribution in [0.2, 0.25) is 0 Å². The highest BCUT2D eigenvalue weighted by molar-refractivity contribution is 6.03. The Morgan fingerprint density at radius 2 is 1.91 bits per heavy atom. The van der Waals surface area contributed by atoms with Gasteiger partial charge in [-0.3, -0.25) is 9.59 Å². The predicted molar refractivity (Wildman–Crippen MR) is 125 cm³/mol. The van der Waals surface area contributed by atoms with Crippen LogP contribution in [0.3, 0.4) is 0 Å². The number of benzene rings is 2. The van der Waals surface area contributed by atoms with E-state index in [0.717, 1.165) is 22.9 Å². The summed E-state index contributed by atoms with van der Waals surface area (Å²) >= 11 is 0. The van der Waals surface area contributed by atoms with Crippen molar-refractivity contribution in [3.05, 3.63) is 59.8 Å². The second-order valence-electron chi connectivity index (χ2n) is 9.47. The molecule has 3 heterocycles. The van der Waals surface area contributed by atoms with Crippen LogP contribution in [-0.4, -0.2) is 40.2 Å². The number of hydrogen-bond acceptors (Lipinski definition) is 4. The third-order valence-electron chi connectivity index (χ3n) is 6.61. The van der Waals surface area contributed by atoms with Gasteiger partial charge >= 0.3 is 0 Å². The van der Waals surface area contributed by atoms with Crippen LogP contribution in [0.15, 0.2) is 48.5 Å². The Bertz CT molecular complexity index is 1230. The Morgan fingerprint density at radius 3 is 2.73 bits per heavy atom. The highest BCUT2D eigenvalue weighted by atomic mass is 16.7. The number of carbonyl (C=O) groups is 2. The van der Waals surface area contributed by atoms with E-state index in [1.165, 1.54) is 0 Å². The number of amides is 2. The van der Waals surface area contributed by atoms with E-state index in [1.54, 1.807) is 4.90 Å². The van der Waals surface area contributed by atoms with E-state index in [9.17, 15) is 9.59 Å². The first kappa shape index (κ1) is 21.4. The molecule has 0 saturated carbocycles. The Morgan fingerprint density at radius 1 is 1.12 bits per heavy atom. The number of fused-ring (bicyclic) bond motifs is 4. The molecule has 7 nitrogen and oxygen atoms in total. The first-order valence-electron chi connectivity index (χ1n) is 11.4. The normalized spacial score (nSPS) is 19.3. The minimum atomic E-state index is -1.04. The first-order chi connectivity index (χ1) is 15.9. The molecule has 0 spiro atoms. The second kappa shape index (κ2) is 8.14. The molecule has 0 saturated heterocycles. The molecule has 0 aliphatic carbocycles. The van der Waals surface area contributed by atoms with Gasteiger partial charge in [0.1, 0.15) is 11.2 Å². The number of nitrogens with one attached hydrogen (secondary N) is 1. The Kier molecular flexibility index (Phi) is 5.27. The lowest BCUT2D eigenvalue weighted by Crippen LogP contribution is -2.63. The van der Waals surface area contributed by atoms with Crippen molar-refractivity contribution in [2.75, 3.05) is 13.3 Å². The number of hydrogen-bond donors (Lipinski definition) is 1. The SMILES string of the molecule is CC(C)CCNC(=O)[C@@]1(C)Cn2c(cc3ccccc32)C(=O)N1Cc1ccc2c(c1)OCO2. The van der Waals surface area contributed by atoms with Crippen molar-refractivity contribution in [2.45, 2.75) is 45.8 Å². The fraction of sp³-hybridized carbons (Fsp3) is 0.385.